The van der Waals surface area contributed by atoms with Crippen LogP contribution in [0.5, 0.6) is 0 Å². The third-order valence-electron chi connectivity index (χ3n) is 2.60. The van der Waals surface area contributed by atoms with Crippen molar-refractivity contribution in [1.82, 2.24) is 9.80 Å². The second-order valence-electron chi connectivity index (χ2n) is 4.66. The average Bonchev–Trinajstić information content (AvgIpc) is 2.25. The van der Waals surface area contributed by atoms with E-state index >= 15 is 0 Å². The number of aliphatic carboxylic acids is 1. The number of carboxylic acid groups (broad SMARTS) is 1. The minimum atomic E-state index is -0.838. The van der Waals surface area contributed by atoms with E-state index in [1.807, 2.05) is 14.1 Å². The summed E-state index contributed by atoms with van der Waals surface area (Å²) < 4.78 is 0. The van der Waals surface area contributed by atoms with Gasteiger partial charge in [-0.25, -0.2) is 4.79 Å². The minimum Gasteiger partial charge on any atom is -0.478 e. The van der Waals surface area contributed by atoms with Crippen LogP contribution in [0.4, 0.5) is 0 Å². The Bertz CT molecular complexity index is 250. The summed E-state index contributed by atoms with van der Waals surface area (Å²) in [6.07, 6.45) is 5.26. The number of rotatable bonds is 9. The molecule has 0 saturated carbocycles. The number of likely N-dealkylation sites (N-methyl/N-ethyl adjacent to an activating group) is 1. The van der Waals surface area contributed by atoms with Crippen LogP contribution in [0.2, 0.25) is 0 Å². The molecular formula is C13H26N2O2. The van der Waals surface area contributed by atoms with Gasteiger partial charge in [0.1, 0.15) is 0 Å². The fourth-order valence-electron chi connectivity index (χ4n) is 1.46. The molecule has 0 spiro atoms. The first-order valence-electron chi connectivity index (χ1n) is 6.27. The predicted molar refractivity (Wildman–Crippen MR) is 71.0 cm³/mol. The van der Waals surface area contributed by atoms with Gasteiger partial charge in [-0.3, -0.25) is 0 Å². The van der Waals surface area contributed by atoms with Crippen LogP contribution in [0.1, 0.15) is 33.1 Å². The molecule has 4 nitrogen and oxygen atoms in total. The van der Waals surface area contributed by atoms with Crippen LogP contribution in [0.25, 0.3) is 0 Å². The van der Waals surface area contributed by atoms with Gasteiger partial charge in [0, 0.05) is 31.4 Å². The minimum absolute atomic E-state index is 0.403. The van der Waals surface area contributed by atoms with Crippen molar-refractivity contribution in [2.24, 2.45) is 0 Å². The third-order valence-corrected chi connectivity index (χ3v) is 2.60. The van der Waals surface area contributed by atoms with Crippen molar-refractivity contribution in [3.8, 4) is 0 Å². The van der Waals surface area contributed by atoms with Crippen molar-refractivity contribution in [2.45, 2.75) is 33.1 Å². The van der Waals surface area contributed by atoms with E-state index in [0.29, 0.717) is 5.57 Å². The van der Waals surface area contributed by atoms with Gasteiger partial charge in [0.25, 0.3) is 0 Å². The number of nitrogens with zero attached hydrogens (tertiary/aromatic N) is 2. The normalized spacial score (nSPS) is 11.9. The molecule has 0 aliphatic carbocycles. The van der Waals surface area contributed by atoms with Gasteiger partial charge in [0.2, 0.25) is 0 Å². The molecule has 0 rings (SSSR count). The van der Waals surface area contributed by atoms with Crippen molar-refractivity contribution >= 4 is 5.97 Å². The zero-order chi connectivity index (χ0) is 13.3. The van der Waals surface area contributed by atoms with Gasteiger partial charge in [0.05, 0.1) is 0 Å². The highest BCUT2D eigenvalue weighted by atomic mass is 16.4. The molecular weight excluding hydrogens is 216 g/mol. The molecule has 4 heteroatoms. The van der Waals surface area contributed by atoms with Gasteiger partial charge in [-0.15, -0.1) is 0 Å². The molecule has 0 amide bonds. The summed E-state index contributed by atoms with van der Waals surface area (Å²) in [5, 5.41) is 8.87. The highest BCUT2D eigenvalue weighted by Gasteiger charge is 2.05. The highest BCUT2D eigenvalue weighted by molar-refractivity contribution is 5.85. The van der Waals surface area contributed by atoms with Gasteiger partial charge in [-0.1, -0.05) is 19.8 Å². The topological polar surface area (TPSA) is 43.8 Å². The first-order valence-corrected chi connectivity index (χ1v) is 6.27. The van der Waals surface area contributed by atoms with Gasteiger partial charge >= 0.3 is 5.97 Å². The van der Waals surface area contributed by atoms with Crippen molar-refractivity contribution < 1.29 is 9.90 Å². The van der Waals surface area contributed by atoms with Crippen molar-refractivity contribution in [3.63, 3.8) is 0 Å². The summed E-state index contributed by atoms with van der Waals surface area (Å²) in [4.78, 5) is 15.0. The van der Waals surface area contributed by atoms with Crippen LogP contribution in [-0.2, 0) is 4.79 Å². The van der Waals surface area contributed by atoms with E-state index in [1.54, 1.807) is 13.1 Å². The molecule has 0 heterocycles. The highest BCUT2D eigenvalue weighted by Crippen LogP contribution is 2.03. The van der Waals surface area contributed by atoms with Gasteiger partial charge in [-0.2, -0.15) is 0 Å². The second-order valence-corrected chi connectivity index (χ2v) is 4.66. The van der Waals surface area contributed by atoms with Crippen LogP contribution in [-0.4, -0.2) is 54.6 Å². The summed E-state index contributed by atoms with van der Waals surface area (Å²) in [6.45, 7) is 6.57. The fourth-order valence-corrected chi connectivity index (χ4v) is 1.46. The van der Waals surface area contributed by atoms with Crippen molar-refractivity contribution in [3.05, 3.63) is 11.8 Å². The molecule has 0 aromatic rings. The molecule has 1 N–H and O–H groups in total. The number of unbranched alkanes of at least 4 members (excludes halogenated alkanes) is 2. The Kier molecular flexibility index (Phi) is 8.50. The summed E-state index contributed by atoms with van der Waals surface area (Å²) >= 11 is 0. The summed E-state index contributed by atoms with van der Waals surface area (Å²) in [5.41, 5.74) is 0.403. The standard InChI is InChI=1S/C13H26N2O2/c1-5-6-7-8-15(10-9-14(3)4)11-12(2)13(16)17/h11H,5-10H2,1-4H3,(H,16,17). The van der Waals surface area contributed by atoms with Crippen molar-refractivity contribution in [2.75, 3.05) is 33.7 Å². The first kappa shape index (κ1) is 16.0. The Labute approximate surface area is 105 Å². The van der Waals surface area contributed by atoms with E-state index in [0.717, 1.165) is 26.1 Å². The maximum Gasteiger partial charge on any atom is 0.332 e. The Hall–Kier alpha value is -1.03. The lowest BCUT2D eigenvalue weighted by Crippen LogP contribution is -2.29. The Balaban J connectivity index is 4.28. The largest absolute Gasteiger partial charge is 0.478 e. The van der Waals surface area contributed by atoms with Gasteiger partial charge in [-0.05, 0) is 27.4 Å². The maximum atomic E-state index is 10.8. The Morgan fingerprint density at radius 2 is 1.82 bits per heavy atom. The Morgan fingerprint density at radius 3 is 2.29 bits per heavy atom. The molecule has 0 unspecified atom stereocenters. The summed E-state index contributed by atoms with van der Waals surface area (Å²) in [7, 11) is 4.05. The summed E-state index contributed by atoms with van der Waals surface area (Å²) in [6, 6.07) is 0. The molecule has 0 atom stereocenters. The average molecular weight is 242 g/mol. The molecule has 0 aromatic carbocycles. The second kappa shape index (κ2) is 9.05. The van der Waals surface area contributed by atoms with Gasteiger partial charge in [0.15, 0.2) is 0 Å². The van der Waals surface area contributed by atoms with E-state index in [4.69, 9.17) is 5.11 Å². The third kappa shape index (κ3) is 8.74. The molecule has 0 radical (unpaired) electrons. The maximum absolute atomic E-state index is 10.8. The Morgan fingerprint density at radius 1 is 1.18 bits per heavy atom. The van der Waals surface area contributed by atoms with Crippen LogP contribution in [0, 0.1) is 0 Å². The molecule has 17 heavy (non-hydrogen) atoms. The monoisotopic (exact) mass is 242 g/mol. The lowest BCUT2D eigenvalue weighted by Gasteiger charge is -2.23. The lowest BCUT2D eigenvalue weighted by atomic mass is 10.2. The van der Waals surface area contributed by atoms with Crippen LogP contribution < -0.4 is 0 Å². The molecule has 0 bridgehead atoms. The molecule has 0 aliphatic heterocycles. The number of hydrogen-bond acceptors (Lipinski definition) is 3. The molecule has 0 aliphatic rings. The van der Waals surface area contributed by atoms with E-state index < -0.39 is 5.97 Å². The molecule has 0 aromatic heterocycles. The fraction of sp³-hybridized carbons (Fsp3) is 0.769. The number of carbonyl (C=O) groups is 1. The van der Waals surface area contributed by atoms with Crippen LogP contribution in [0.15, 0.2) is 11.8 Å². The SMILES string of the molecule is CCCCCN(C=C(C)C(=O)O)CCN(C)C. The van der Waals surface area contributed by atoms with Gasteiger partial charge < -0.3 is 14.9 Å². The summed E-state index contributed by atoms with van der Waals surface area (Å²) in [5.74, 6) is -0.838. The predicted octanol–water partition coefficient (Wildman–Crippen LogP) is 2.03. The van der Waals surface area contributed by atoms with E-state index in [9.17, 15) is 4.79 Å². The number of carboxylic acids is 1. The lowest BCUT2D eigenvalue weighted by molar-refractivity contribution is -0.132. The van der Waals surface area contributed by atoms with E-state index in [1.165, 1.54) is 12.8 Å². The zero-order valence-corrected chi connectivity index (χ0v) is 11.6. The smallest absolute Gasteiger partial charge is 0.332 e. The molecule has 0 saturated heterocycles. The first-order chi connectivity index (χ1) is 7.97. The quantitative estimate of drug-likeness (QED) is 0.496. The number of hydrogen-bond donors (Lipinski definition) is 1. The molecule has 0 fully saturated rings. The van der Waals surface area contributed by atoms with Crippen LogP contribution >= 0.6 is 0 Å². The van der Waals surface area contributed by atoms with E-state index in [-0.39, 0.29) is 0 Å². The zero-order valence-electron chi connectivity index (χ0n) is 11.6. The van der Waals surface area contributed by atoms with E-state index in [2.05, 4.69) is 16.7 Å². The molecule has 100 valence electrons. The van der Waals surface area contributed by atoms with Crippen LogP contribution in [0.3, 0.4) is 0 Å². The van der Waals surface area contributed by atoms with Crippen molar-refractivity contribution in [1.29, 1.82) is 0 Å².